The third kappa shape index (κ3) is 5.68. The molecule has 1 aliphatic rings. The minimum Gasteiger partial charge on any atom is -0.334 e. The maximum atomic E-state index is 14.2. The van der Waals surface area contributed by atoms with E-state index in [2.05, 4.69) is 9.88 Å². The quantitative estimate of drug-likeness (QED) is 0.708. The SMILES string of the molecule is CCC(=O)N1CCCN(C)CCCN(C(=O)c2ccc(C)nc2)Cc2cc(F)c(F)cc21. The second-order valence-electron chi connectivity index (χ2n) is 8.22. The summed E-state index contributed by atoms with van der Waals surface area (Å²) in [5.74, 6) is -2.41. The molecule has 0 radical (unpaired) electrons. The standard InChI is InChI=1S/C24H30F2N4O2/c1-4-23(31)30-12-6-10-28(3)9-5-11-29(24(32)18-8-7-17(2)27-15-18)16-19-13-20(25)21(26)14-22(19)30/h7-8,13-15H,4-6,9-12,16H2,1-3H3. The first-order valence-electron chi connectivity index (χ1n) is 11.0. The first kappa shape index (κ1) is 23.8. The van der Waals surface area contributed by atoms with E-state index in [-0.39, 0.29) is 24.8 Å². The van der Waals surface area contributed by atoms with E-state index in [9.17, 15) is 18.4 Å². The fraction of sp³-hybridized carbons (Fsp3) is 0.458. The minimum absolute atomic E-state index is 0.0659. The number of aromatic nitrogens is 1. The molecule has 32 heavy (non-hydrogen) atoms. The first-order valence-corrected chi connectivity index (χ1v) is 11.0. The van der Waals surface area contributed by atoms with Crippen LogP contribution in [0.5, 0.6) is 0 Å². The third-order valence-corrected chi connectivity index (χ3v) is 5.71. The summed E-state index contributed by atoms with van der Waals surface area (Å²) in [6.07, 6.45) is 3.21. The number of anilines is 1. The molecule has 1 aliphatic heterocycles. The summed E-state index contributed by atoms with van der Waals surface area (Å²) < 4.78 is 28.4. The maximum absolute atomic E-state index is 14.2. The van der Waals surface area contributed by atoms with Crippen molar-refractivity contribution in [2.24, 2.45) is 0 Å². The molecule has 0 saturated heterocycles. The Labute approximate surface area is 187 Å². The monoisotopic (exact) mass is 444 g/mol. The molecule has 3 rings (SSSR count). The Kier molecular flexibility index (Phi) is 7.90. The first-order chi connectivity index (χ1) is 15.3. The summed E-state index contributed by atoms with van der Waals surface area (Å²) in [6.45, 7) is 6.01. The fourth-order valence-electron chi connectivity index (χ4n) is 3.90. The topological polar surface area (TPSA) is 56.8 Å². The number of hydrogen-bond acceptors (Lipinski definition) is 4. The average Bonchev–Trinajstić information content (AvgIpc) is 2.77. The molecule has 0 N–H and O–H groups in total. The highest BCUT2D eigenvalue weighted by Gasteiger charge is 2.24. The van der Waals surface area contributed by atoms with Crippen molar-refractivity contribution >= 4 is 17.5 Å². The van der Waals surface area contributed by atoms with Crippen molar-refractivity contribution in [1.82, 2.24) is 14.8 Å². The predicted molar refractivity (Wildman–Crippen MR) is 119 cm³/mol. The maximum Gasteiger partial charge on any atom is 0.255 e. The molecule has 0 saturated carbocycles. The van der Waals surface area contributed by atoms with Gasteiger partial charge >= 0.3 is 0 Å². The number of nitrogens with zero attached hydrogens (tertiary/aromatic N) is 4. The van der Waals surface area contributed by atoms with E-state index < -0.39 is 11.6 Å². The highest BCUT2D eigenvalue weighted by atomic mass is 19.2. The molecule has 172 valence electrons. The smallest absolute Gasteiger partial charge is 0.255 e. The Morgan fingerprint density at radius 3 is 2.38 bits per heavy atom. The van der Waals surface area contributed by atoms with Crippen molar-refractivity contribution in [1.29, 1.82) is 0 Å². The normalized spacial score (nSPS) is 16.2. The van der Waals surface area contributed by atoms with Gasteiger partial charge in [-0.05, 0) is 63.7 Å². The molecule has 2 aromatic rings. The van der Waals surface area contributed by atoms with E-state index in [4.69, 9.17) is 0 Å². The van der Waals surface area contributed by atoms with E-state index in [0.29, 0.717) is 36.3 Å². The van der Waals surface area contributed by atoms with Crippen LogP contribution >= 0.6 is 0 Å². The minimum atomic E-state index is -1.01. The van der Waals surface area contributed by atoms with Gasteiger partial charge in [-0.1, -0.05) is 6.92 Å². The van der Waals surface area contributed by atoms with Crippen molar-refractivity contribution < 1.29 is 18.4 Å². The third-order valence-electron chi connectivity index (χ3n) is 5.71. The highest BCUT2D eigenvalue weighted by Crippen LogP contribution is 2.27. The Bertz CT molecular complexity index is 965. The average molecular weight is 445 g/mol. The van der Waals surface area contributed by atoms with Gasteiger partial charge in [-0.2, -0.15) is 0 Å². The largest absolute Gasteiger partial charge is 0.334 e. The molecule has 2 heterocycles. The van der Waals surface area contributed by atoms with Crippen LogP contribution in [0.2, 0.25) is 0 Å². The molecule has 0 unspecified atom stereocenters. The molecule has 6 nitrogen and oxygen atoms in total. The number of pyridine rings is 1. The summed E-state index contributed by atoms with van der Waals surface area (Å²) in [4.78, 5) is 35.5. The van der Waals surface area contributed by atoms with Crippen molar-refractivity contribution in [2.45, 2.75) is 39.7 Å². The predicted octanol–water partition coefficient (Wildman–Crippen LogP) is 3.78. The van der Waals surface area contributed by atoms with Gasteiger partial charge in [-0.3, -0.25) is 14.6 Å². The zero-order chi connectivity index (χ0) is 23.3. The Balaban J connectivity index is 2.04. The van der Waals surface area contributed by atoms with Crippen molar-refractivity contribution in [3.05, 3.63) is 58.9 Å². The molecule has 1 aromatic carbocycles. The van der Waals surface area contributed by atoms with Gasteiger partial charge in [-0.15, -0.1) is 0 Å². The molecule has 2 amide bonds. The van der Waals surface area contributed by atoms with Gasteiger partial charge < -0.3 is 14.7 Å². The van der Waals surface area contributed by atoms with E-state index in [0.717, 1.165) is 37.3 Å². The fourth-order valence-corrected chi connectivity index (χ4v) is 3.90. The number of hydrogen-bond donors (Lipinski definition) is 0. The Morgan fingerprint density at radius 2 is 1.72 bits per heavy atom. The van der Waals surface area contributed by atoms with Gasteiger partial charge in [0.2, 0.25) is 5.91 Å². The van der Waals surface area contributed by atoms with Crippen LogP contribution in [0.3, 0.4) is 0 Å². The summed E-state index contributed by atoms with van der Waals surface area (Å²) in [5, 5.41) is 0. The summed E-state index contributed by atoms with van der Waals surface area (Å²) in [6, 6.07) is 5.66. The van der Waals surface area contributed by atoms with Crippen LogP contribution < -0.4 is 4.90 Å². The van der Waals surface area contributed by atoms with Gasteiger partial charge in [0.25, 0.3) is 5.91 Å². The second kappa shape index (κ2) is 10.6. The number of rotatable bonds is 2. The van der Waals surface area contributed by atoms with Crippen LogP contribution in [-0.2, 0) is 11.3 Å². The summed E-state index contributed by atoms with van der Waals surface area (Å²) in [7, 11) is 2.00. The van der Waals surface area contributed by atoms with Crippen molar-refractivity contribution in [2.75, 3.05) is 38.1 Å². The summed E-state index contributed by atoms with van der Waals surface area (Å²) >= 11 is 0. The summed E-state index contributed by atoms with van der Waals surface area (Å²) in [5.41, 5.74) is 1.96. The van der Waals surface area contributed by atoms with Gasteiger partial charge in [-0.25, -0.2) is 8.78 Å². The van der Waals surface area contributed by atoms with E-state index in [1.54, 1.807) is 24.0 Å². The highest BCUT2D eigenvalue weighted by molar-refractivity contribution is 5.95. The molecule has 0 bridgehead atoms. The lowest BCUT2D eigenvalue weighted by atomic mass is 10.1. The number of halogens is 2. The zero-order valence-electron chi connectivity index (χ0n) is 18.9. The van der Waals surface area contributed by atoms with Crippen molar-refractivity contribution in [3.8, 4) is 0 Å². The molecular formula is C24H30F2N4O2. The van der Waals surface area contributed by atoms with Crippen molar-refractivity contribution in [3.63, 3.8) is 0 Å². The van der Waals surface area contributed by atoms with Gasteiger partial charge in [0.15, 0.2) is 11.6 Å². The number of aryl methyl sites for hydroxylation is 1. The van der Waals surface area contributed by atoms with E-state index in [1.165, 1.54) is 11.1 Å². The molecule has 0 spiro atoms. The van der Waals surface area contributed by atoms with Crippen LogP contribution in [0.1, 0.15) is 47.8 Å². The van der Waals surface area contributed by atoms with Gasteiger partial charge in [0.05, 0.1) is 11.3 Å². The molecule has 0 fully saturated rings. The number of amides is 2. The lowest BCUT2D eigenvalue weighted by Crippen LogP contribution is -2.38. The van der Waals surface area contributed by atoms with Gasteiger partial charge in [0.1, 0.15) is 0 Å². The Hall–Kier alpha value is -2.87. The lowest BCUT2D eigenvalue weighted by Gasteiger charge is -2.31. The van der Waals surface area contributed by atoms with Crippen LogP contribution in [0.4, 0.5) is 14.5 Å². The Morgan fingerprint density at radius 1 is 1.03 bits per heavy atom. The number of carbonyl (C=O) groups is 2. The molecular weight excluding hydrogens is 414 g/mol. The van der Waals surface area contributed by atoms with Crippen LogP contribution in [0, 0.1) is 18.6 Å². The second-order valence-corrected chi connectivity index (χ2v) is 8.22. The molecule has 0 aliphatic carbocycles. The van der Waals surface area contributed by atoms with Crippen LogP contribution in [0.25, 0.3) is 0 Å². The zero-order valence-corrected chi connectivity index (χ0v) is 18.9. The molecule has 8 heteroatoms. The lowest BCUT2D eigenvalue weighted by molar-refractivity contribution is -0.118. The number of carbonyl (C=O) groups excluding carboxylic acids is 2. The van der Waals surface area contributed by atoms with E-state index >= 15 is 0 Å². The molecule has 1 aromatic heterocycles. The van der Waals surface area contributed by atoms with E-state index in [1.807, 2.05) is 14.0 Å². The van der Waals surface area contributed by atoms with Crippen LogP contribution in [-0.4, -0.2) is 59.8 Å². The molecule has 0 atom stereocenters. The van der Waals surface area contributed by atoms with Gasteiger partial charge in [0, 0.05) is 44.0 Å². The number of benzene rings is 1. The van der Waals surface area contributed by atoms with Crippen LogP contribution in [0.15, 0.2) is 30.5 Å². The number of fused-ring (bicyclic) bond motifs is 1.